The number of aliphatic imine (C=N–C) groups is 1. The number of guanidine groups is 1. The molecule has 0 atom stereocenters. The molecule has 2 aromatic carbocycles. The van der Waals surface area contributed by atoms with Crippen molar-refractivity contribution < 1.29 is 14.2 Å². The fraction of sp³-hybridized carbons (Fsp3) is 0.350. The molecule has 0 saturated heterocycles. The van der Waals surface area contributed by atoms with E-state index in [4.69, 9.17) is 14.2 Å². The van der Waals surface area contributed by atoms with Gasteiger partial charge in [-0.05, 0) is 36.8 Å². The summed E-state index contributed by atoms with van der Waals surface area (Å²) in [5, 5.41) is 6.59. The second-order valence-corrected chi connectivity index (χ2v) is 5.84. The fourth-order valence-electron chi connectivity index (χ4n) is 2.65. The quantitative estimate of drug-likeness (QED) is 0.382. The standard InChI is InChI=1S/C20H25N3O3.HI/c1-3-24-17-7-4-6-15(12-17)14-22-20(21-2)23-16-8-9-18-19(13-16)26-11-5-10-25-18;/h4,6-9,12-13H,3,5,10-11,14H2,1-2H3,(H2,21,22,23);1H. The van der Waals surface area contributed by atoms with Crippen LogP contribution in [0.25, 0.3) is 0 Å². The van der Waals surface area contributed by atoms with Crippen LogP contribution in [-0.2, 0) is 6.54 Å². The Morgan fingerprint density at radius 3 is 2.70 bits per heavy atom. The predicted molar refractivity (Wildman–Crippen MR) is 119 cm³/mol. The van der Waals surface area contributed by atoms with Gasteiger partial charge in [0.05, 0.1) is 19.8 Å². The number of anilines is 1. The Morgan fingerprint density at radius 2 is 1.93 bits per heavy atom. The van der Waals surface area contributed by atoms with Crippen molar-refractivity contribution in [1.29, 1.82) is 0 Å². The third-order valence-corrected chi connectivity index (χ3v) is 3.90. The molecule has 1 aliphatic rings. The average Bonchev–Trinajstić information content (AvgIpc) is 2.90. The molecule has 7 heteroatoms. The first-order valence-corrected chi connectivity index (χ1v) is 8.87. The smallest absolute Gasteiger partial charge is 0.195 e. The van der Waals surface area contributed by atoms with Gasteiger partial charge < -0.3 is 24.8 Å². The molecule has 146 valence electrons. The summed E-state index contributed by atoms with van der Waals surface area (Å²) in [6.45, 7) is 4.63. The van der Waals surface area contributed by atoms with Crippen LogP contribution in [0.3, 0.4) is 0 Å². The van der Waals surface area contributed by atoms with E-state index in [1.165, 1.54) is 0 Å². The van der Waals surface area contributed by atoms with Crippen LogP contribution in [0.2, 0.25) is 0 Å². The Kier molecular flexibility index (Phi) is 8.50. The van der Waals surface area contributed by atoms with E-state index in [1.807, 2.05) is 43.3 Å². The largest absolute Gasteiger partial charge is 0.494 e. The van der Waals surface area contributed by atoms with Crippen LogP contribution >= 0.6 is 24.0 Å². The summed E-state index contributed by atoms with van der Waals surface area (Å²) >= 11 is 0. The van der Waals surface area contributed by atoms with Crippen LogP contribution in [0.15, 0.2) is 47.5 Å². The molecular weight excluding hydrogens is 457 g/mol. The second-order valence-electron chi connectivity index (χ2n) is 5.84. The lowest BCUT2D eigenvalue weighted by Crippen LogP contribution is -2.30. The number of hydrogen-bond donors (Lipinski definition) is 2. The van der Waals surface area contributed by atoms with Gasteiger partial charge in [0.15, 0.2) is 17.5 Å². The Labute approximate surface area is 177 Å². The van der Waals surface area contributed by atoms with Gasteiger partial charge in [-0.25, -0.2) is 0 Å². The minimum atomic E-state index is 0. The highest BCUT2D eigenvalue weighted by Gasteiger charge is 2.11. The van der Waals surface area contributed by atoms with Crippen LogP contribution in [-0.4, -0.2) is 32.8 Å². The minimum absolute atomic E-state index is 0. The number of halogens is 1. The highest BCUT2D eigenvalue weighted by Crippen LogP contribution is 2.32. The summed E-state index contributed by atoms with van der Waals surface area (Å²) in [5.41, 5.74) is 2.02. The molecule has 2 N–H and O–H groups in total. The van der Waals surface area contributed by atoms with Crippen LogP contribution in [0.1, 0.15) is 18.9 Å². The van der Waals surface area contributed by atoms with Gasteiger partial charge in [0.1, 0.15) is 5.75 Å². The van der Waals surface area contributed by atoms with Crippen LogP contribution in [0, 0.1) is 0 Å². The Morgan fingerprint density at radius 1 is 1.11 bits per heavy atom. The highest BCUT2D eigenvalue weighted by molar-refractivity contribution is 14.0. The second kappa shape index (κ2) is 10.9. The summed E-state index contributed by atoms with van der Waals surface area (Å²) in [5.74, 6) is 3.09. The zero-order valence-electron chi connectivity index (χ0n) is 15.7. The van der Waals surface area contributed by atoms with Crippen molar-refractivity contribution in [3.8, 4) is 17.2 Å². The molecule has 6 nitrogen and oxygen atoms in total. The molecule has 0 unspecified atom stereocenters. The van der Waals surface area contributed by atoms with Crippen molar-refractivity contribution in [1.82, 2.24) is 5.32 Å². The number of nitrogens with one attached hydrogen (secondary N) is 2. The van der Waals surface area contributed by atoms with E-state index >= 15 is 0 Å². The van der Waals surface area contributed by atoms with E-state index in [2.05, 4.69) is 21.7 Å². The summed E-state index contributed by atoms with van der Waals surface area (Å²) < 4.78 is 16.9. The van der Waals surface area contributed by atoms with Crippen molar-refractivity contribution in [2.75, 3.05) is 32.2 Å². The maximum Gasteiger partial charge on any atom is 0.195 e. The van der Waals surface area contributed by atoms with Gasteiger partial charge in [-0.2, -0.15) is 0 Å². The van der Waals surface area contributed by atoms with Gasteiger partial charge in [-0.1, -0.05) is 12.1 Å². The van der Waals surface area contributed by atoms with Crippen molar-refractivity contribution >= 4 is 35.6 Å². The molecule has 0 saturated carbocycles. The number of rotatable bonds is 5. The van der Waals surface area contributed by atoms with Crippen molar-refractivity contribution in [2.45, 2.75) is 19.9 Å². The zero-order valence-corrected chi connectivity index (χ0v) is 18.0. The summed E-state index contributed by atoms with van der Waals surface area (Å²) in [4.78, 5) is 4.28. The molecule has 2 aromatic rings. The van der Waals surface area contributed by atoms with Gasteiger partial charge in [-0.3, -0.25) is 4.99 Å². The maximum absolute atomic E-state index is 5.73. The van der Waals surface area contributed by atoms with E-state index < -0.39 is 0 Å². The van der Waals surface area contributed by atoms with Gasteiger partial charge >= 0.3 is 0 Å². The first-order valence-electron chi connectivity index (χ1n) is 8.87. The van der Waals surface area contributed by atoms with E-state index in [1.54, 1.807) is 7.05 Å². The maximum atomic E-state index is 5.73. The monoisotopic (exact) mass is 483 g/mol. The van der Waals surface area contributed by atoms with E-state index in [0.717, 1.165) is 34.9 Å². The highest BCUT2D eigenvalue weighted by atomic mass is 127. The average molecular weight is 483 g/mol. The molecule has 0 aromatic heterocycles. The lowest BCUT2D eigenvalue weighted by atomic mass is 10.2. The number of benzene rings is 2. The first-order chi connectivity index (χ1) is 12.8. The molecule has 0 fully saturated rings. The number of fused-ring (bicyclic) bond motifs is 1. The van der Waals surface area contributed by atoms with Gasteiger partial charge in [-0.15, -0.1) is 24.0 Å². The molecule has 0 bridgehead atoms. The molecule has 0 aliphatic carbocycles. The van der Waals surface area contributed by atoms with E-state index in [-0.39, 0.29) is 24.0 Å². The third kappa shape index (κ3) is 6.20. The summed E-state index contributed by atoms with van der Waals surface area (Å²) in [7, 11) is 1.75. The van der Waals surface area contributed by atoms with Crippen molar-refractivity contribution in [2.24, 2.45) is 4.99 Å². The third-order valence-electron chi connectivity index (χ3n) is 3.90. The SMILES string of the molecule is CCOc1cccc(CNC(=NC)Nc2ccc3c(c2)OCCCO3)c1.I. The number of hydrogen-bond acceptors (Lipinski definition) is 4. The minimum Gasteiger partial charge on any atom is -0.494 e. The first kappa shape index (κ1) is 21.1. The predicted octanol–water partition coefficient (Wildman–Crippen LogP) is 4.05. The Hall–Kier alpha value is -2.16. The van der Waals surface area contributed by atoms with E-state index in [9.17, 15) is 0 Å². The topological polar surface area (TPSA) is 64.1 Å². The van der Waals surface area contributed by atoms with Crippen LogP contribution in [0.4, 0.5) is 5.69 Å². The van der Waals surface area contributed by atoms with Gasteiger partial charge in [0.25, 0.3) is 0 Å². The molecular formula is C20H26IN3O3. The molecule has 0 spiro atoms. The lowest BCUT2D eigenvalue weighted by Gasteiger charge is -2.14. The molecule has 0 radical (unpaired) electrons. The normalized spacial score (nSPS) is 13.2. The van der Waals surface area contributed by atoms with E-state index in [0.29, 0.717) is 32.3 Å². The zero-order chi connectivity index (χ0) is 18.2. The molecule has 3 rings (SSSR count). The number of nitrogens with zero attached hydrogens (tertiary/aromatic N) is 1. The summed E-state index contributed by atoms with van der Waals surface area (Å²) in [6, 6.07) is 13.8. The van der Waals surface area contributed by atoms with Gasteiger partial charge in [0, 0.05) is 31.8 Å². The Balaban J connectivity index is 0.00000261. The van der Waals surface area contributed by atoms with Crippen molar-refractivity contribution in [3.05, 3.63) is 48.0 Å². The number of ether oxygens (including phenoxy) is 3. The van der Waals surface area contributed by atoms with Crippen LogP contribution in [0.5, 0.6) is 17.2 Å². The lowest BCUT2D eigenvalue weighted by molar-refractivity contribution is 0.297. The van der Waals surface area contributed by atoms with Gasteiger partial charge in [0.2, 0.25) is 0 Å². The summed E-state index contributed by atoms with van der Waals surface area (Å²) in [6.07, 6.45) is 0.890. The molecule has 1 aliphatic heterocycles. The fourth-order valence-corrected chi connectivity index (χ4v) is 2.65. The Bertz CT molecular complexity index is 768. The molecule has 27 heavy (non-hydrogen) atoms. The molecule has 0 amide bonds. The molecule has 1 heterocycles. The van der Waals surface area contributed by atoms with Crippen molar-refractivity contribution in [3.63, 3.8) is 0 Å². The van der Waals surface area contributed by atoms with Crippen LogP contribution < -0.4 is 24.8 Å².